The van der Waals surface area contributed by atoms with Gasteiger partial charge in [-0.25, -0.2) is 0 Å². The third-order valence-corrected chi connectivity index (χ3v) is 3.04. The summed E-state index contributed by atoms with van der Waals surface area (Å²) in [6, 6.07) is 0. The first-order valence-corrected chi connectivity index (χ1v) is 5.32. The molecule has 1 heterocycles. The van der Waals surface area contributed by atoms with E-state index in [1.54, 1.807) is 0 Å². The van der Waals surface area contributed by atoms with E-state index in [0.29, 0.717) is 0 Å². The number of allylic oxidation sites excluding steroid dienone is 3. The van der Waals surface area contributed by atoms with Crippen LogP contribution in [0, 0.1) is 11.8 Å². The van der Waals surface area contributed by atoms with E-state index in [2.05, 4.69) is 26.0 Å². The number of hydrogen-bond acceptors (Lipinski definition) is 1. The normalized spacial score (nSPS) is 27.5. The Balaban J connectivity index is 2.21. The molecule has 72 valence electrons. The van der Waals surface area contributed by atoms with Gasteiger partial charge in [-0.2, -0.15) is 0 Å². The molecule has 1 aliphatic heterocycles. The zero-order valence-corrected chi connectivity index (χ0v) is 8.55. The first-order chi connectivity index (χ1) is 6.29. The Morgan fingerprint density at radius 2 is 2.08 bits per heavy atom. The van der Waals surface area contributed by atoms with E-state index >= 15 is 0 Å². The van der Waals surface area contributed by atoms with Crippen LogP contribution in [0.1, 0.15) is 33.1 Å². The fraction of sp³-hybridized carbons (Fsp3) is 0.667. The second kappa shape index (κ2) is 3.57. The van der Waals surface area contributed by atoms with Crippen molar-refractivity contribution >= 4 is 0 Å². The van der Waals surface area contributed by atoms with Crippen LogP contribution < -0.4 is 0 Å². The number of rotatable bonds is 1. The van der Waals surface area contributed by atoms with Gasteiger partial charge in [-0.3, -0.25) is 0 Å². The fourth-order valence-corrected chi connectivity index (χ4v) is 2.29. The summed E-state index contributed by atoms with van der Waals surface area (Å²) in [6.07, 6.45) is 8.18. The molecule has 1 nitrogen and oxygen atoms in total. The largest absolute Gasteiger partial charge is 0.494 e. The number of ether oxygens (including phenoxy) is 1. The zero-order valence-electron chi connectivity index (χ0n) is 8.55. The van der Waals surface area contributed by atoms with Gasteiger partial charge in [0.15, 0.2) is 0 Å². The SMILES string of the molecule is CC(C)C1CCOC2=CCCC=C21. The van der Waals surface area contributed by atoms with Crippen LogP contribution in [-0.4, -0.2) is 6.61 Å². The Labute approximate surface area is 80.5 Å². The van der Waals surface area contributed by atoms with Crippen molar-refractivity contribution in [1.29, 1.82) is 0 Å². The Bertz CT molecular complexity index is 248. The van der Waals surface area contributed by atoms with E-state index in [-0.39, 0.29) is 0 Å². The predicted octanol–water partition coefficient (Wildman–Crippen LogP) is 3.28. The van der Waals surface area contributed by atoms with E-state index < -0.39 is 0 Å². The van der Waals surface area contributed by atoms with Gasteiger partial charge in [-0.15, -0.1) is 0 Å². The Morgan fingerprint density at radius 3 is 2.85 bits per heavy atom. The first-order valence-electron chi connectivity index (χ1n) is 5.32. The molecule has 0 bridgehead atoms. The minimum absolute atomic E-state index is 0.736. The maximum absolute atomic E-state index is 5.66. The Kier molecular flexibility index (Phi) is 2.43. The summed E-state index contributed by atoms with van der Waals surface area (Å²) in [6.45, 7) is 5.53. The van der Waals surface area contributed by atoms with Gasteiger partial charge < -0.3 is 4.74 Å². The summed E-state index contributed by atoms with van der Waals surface area (Å²) in [5.74, 6) is 2.66. The molecule has 1 unspecified atom stereocenters. The van der Waals surface area contributed by atoms with Crippen molar-refractivity contribution in [2.24, 2.45) is 11.8 Å². The molecule has 1 heteroatoms. The minimum Gasteiger partial charge on any atom is -0.494 e. The van der Waals surface area contributed by atoms with Crippen molar-refractivity contribution in [2.75, 3.05) is 6.61 Å². The summed E-state index contributed by atoms with van der Waals surface area (Å²) in [7, 11) is 0. The lowest BCUT2D eigenvalue weighted by Crippen LogP contribution is -2.23. The van der Waals surface area contributed by atoms with Gasteiger partial charge in [0.05, 0.1) is 6.61 Å². The van der Waals surface area contributed by atoms with Crippen molar-refractivity contribution in [1.82, 2.24) is 0 Å². The monoisotopic (exact) mass is 178 g/mol. The third kappa shape index (κ3) is 1.65. The van der Waals surface area contributed by atoms with Gasteiger partial charge in [0.25, 0.3) is 0 Å². The van der Waals surface area contributed by atoms with Crippen molar-refractivity contribution in [3.05, 3.63) is 23.5 Å². The van der Waals surface area contributed by atoms with Crippen LogP contribution in [0.4, 0.5) is 0 Å². The summed E-state index contributed by atoms with van der Waals surface area (Å²) < 4.78 is 5.66. The highest BCUT2D eigenvalue weighted by Gasteiger charge is 2.27. The molecule has 0 N–H and O–H groups in total. The number of hydrogen-bond donors (Lipinski definition) is 0. The lowest BCUT2D eigenvalue weighted by molar-refractivity contribution is 0.150. The second-order valence-corrected chi connectivity index (χ2v) is 4.29. The van der Waals surface area contributed by atoms with Crippen LogP contribution in [0.25, 0.3) is 0 Å². The molecule has 1 atom stereocenters. The van der Waals surface area contributed by atoms with Crippen molar-refractivity contribution in [3.63, 3.8) is 0 Å². The van der Waals surface area contributed by atoms with Crippen LogP contribution in [-0.2, 0) is 4.74 Å². The highest BCUT2D eigenvalue weighted by Crippen LogP contribution is 2.36. The van der Waals surface area contributed by atoms with Gasteiger partial charge in [-0.1, -0.05) is 19.9 Å². The van der Waals surface area contributed by atoms with Crippen LogP contribution in [0.3, 0.4) is 0 Å². The van der Waals surface area contributed by atoms with Crippen molar-refractivity contribution in [3.8, 4) is 0 Å². The molecule has 0 saturated carbocycles. The maximum atomic E-state index is 5.66. The summed E-state index contributed by atoms with van der Waals surface area (Å²) in [5.41, 5.74) is 1.48. The van der Waals surface area contributed by atoms with E-state index in [1.165, 1.54) is 24.2 Å². The van der Waals surface area contributed by atoms with E-state index in [4.69, 9.17) is 4.74 Å². The molecule has 1 aliphatic carbocycles. The fourth-order valence-electron chi connectivity index (χ4n) is 2.29. The Morgan fingerprint density at radius 1 is 1.31 bits per heavy atom. The molecule has 1 saturated heterocycles. The molecule has 13 heavy (non-hydrogen) atoms. The first kappa shape index (κ1) is 8.86. The van der Waals surface area contributed by atoms with E-state index in [0.717, 1.165) is 24.9 Å². The van der Waals surface area contributed by atoms with Gasteiger partial charge in [0.1, 0.15) is 5.76 Å². The average Bonchev–Trinajstić information content (AvgIpc) is 2.17. The summed E-state index contributed by atoms with van der Waals surface area (Å²) in [4.78, 5) is 0. The number of fused-ring (bicyclic) bond motifs is 1. The topological polar surface area (TPSA) is 9.23 Å². The maximum Gasteiger partial charge on any atom is 0.118 e. The molecular weight excluding hydrogens is 160 g/mol. The average molecular weight is 178 g/mol. The standard InChI is InChI=1S/C12H18O/c1-9(2)10-7-8-13-12-6-4-3-5-11(10)12/h5-6,9-10H,3-4,7-8H2,1-2H3. The molecule has 1 fully saturated rings. The highest BCUT2D eigenvalue weighted by atomic mass is 16.5. The lowest BCUT2D eigenvalue weighted by Gasteiger charge is -2.32. The van der Waals surface area contributed by atoms with Gasteiger partial charge >= 0.3 is 0 Å². The Hall–Kier alpha value is -0.720. The quantitative estimate of drug-likeness (QED) is 0.598. The highest BCUT2D eigenvalue weighted by molar-refractivity contribution is 5.33. The lowest BCUT2D eigenvalue weighted by atomic mass is 9.81. The van der Waals surface area contributed by atoms with Gasteiger partial charge in [0.2, 0.25) is 0 Å². The molecular formula is C12H18O. The molecule has 0 aromatic carbocycles. The van der Waals surface area contributed by atoms with Crippen LogP contribution in [0.2, 0.25) is 0 Å². The zero-order chi connectivity index (χ0) is 9.26. The second-order valence-electron chi connectivity index (χ2n) is 4.29. The molecule has 0 spiro atoms. The van der Waals surface area contributed by atoms with Gasteiger partial charge in [0, 0.05) is 0 Å². The van der Waals surface area contributed by atoms with Crippen LogP contribution in [0.5, 0.6) is 0 Å². The van der Waals surface area contributed by atoms with Crippen molar-refractivity contribution < 1.29 is 4.74 Å². The summed E-state index contributed by atoms with van der Waals surface area (Å²) >= 11 is 0. The van der Waals surface area contributed by atoms with Crippen molar-refractivity contribution in [2.45, 2.75) is 33.1 Å². The third-order valence-electron chi connectivity index (χ3n) is 3.04. The molecule has 2 rings (SSSR count). The van der Waals surface area contributed by atoms with Crippen LogP contribution >= 0.6 is 0 Å². The molecule has 0 aromatic rings. The molecule has 0 amide bonds. The van der Waals surface area contributed by atoms with Gasteiger partial charge in [-0.05, 0) is 42.7 Å². The predicted molar refractivity (Wildman–Crippen MR) is 54.3 cm³/mol. The minimum atomic E-state index is 0.736. The molecule has 0 radical (unpaired) electrons. The van der Waals surface area contributed by atoms with Crippen LogP contribution in [0.15, 0.2) is 23.5 Å². The molecule has 0 aromatic heterocycles. The van der Waals surface area contributed by atoms with E-state index in [9.17, 15) is 0 Å². The smallest absolute Gasteiger partial charge is 0.118 e. The van der Waals surface area contributed by atoms with E-state index in [1.807, 2.05) is 0 Å². The summed E-state index contributed by atoms with van der Waals surface area (Å²) in [5, 5.41) is 0. The molecule has 2 aliphatic rings.